The van der Waals surface area contributed by atoms with Gasteiger partial charge in [-0.25, -0.2) is 0 Å². The fourth-order valence-corrected chi connectivity index (χ4v) is 0. The van der Waals surface area contributed by atoms with E-state index in [1.165, 1.54) is 0 Å². The Morgan fingerprint density at radius 3 is 2.00 bits per heavy atom. The molecule has 0 unspecified atom stereocenters. The number of hydrogen-bond donors (Lipinski definition) is 3. The van der Waals surface area contributed by atoms with Crippen molar-refractivity contribution in [2.75, 3.05) is 7.05 Å². The molecule has 0 aromatic carbocycles. The number of hydrogen-bond acceptors (Lipinski definition) is 2. The average Bonchev–Trinajstić information content (AvgIpc) is 1.38. The van der Waals surface area contributed by atoms with Crippen molar-refractivity contribution >= 4 is 17.3 Å². The van der Waals surface area contributed by atoms with Gasteiger partial charge in [0.2, 0.25) is 0 Å². The van der Waals surface area contributed by atoms with E-state index in [2.05, 4.69) is 17.5 Å². The van der Waals surface area contributed by atoms with Crippen molar-refractivity contribution in [1.29, 1.82) is 0 Å². The van der Waals surface area contributed by atoms with Crippen LogP contribution in [0.5, 0.6) is 0 Å². The van der Waals surface area contributed by atoms with Crippen LogP contribution in [-0.4, -0.2) is 12.2 Å². The summed E-state index contributed by atoms with van der Waals surface area (Å²) in [5, 5.41) is 2.88. The van der Waals surface area contributed by atoms with Crippen molar-refractivity contribution in [3.63, 3.8) is 0 Å². The molecule has 38 valence electrons. The van der Waals surface area contributed by atoms with Gasteiger partial charge < -0.3 is 17.2 Å². The maximum atomic E-state index is 4.91. The second kappa shape index (κ2) is 4.65. The molecule has 0 aromatic rings. The summed E-state index contributed by atoms with van der Waals surface area (Å²) in [5.74, 6) is 0. The molecule has 0 aliphatic carbocycles. The summed E-state index contributed by atoms with van der Waals surface area (Å²) in [7, 11) is 1.68. The first-order valence-electron chi connectivity index (χ1n) is 1.24. The van der Waals surface area contributed by atoms with Gasteiger partial charge in [-0.05, 0) is 12.2 Å². The fourth-order valence-electron chi connectivity index (χ4n) is 0. The van der Waals surface area contributed by atoms with E-state index in [9.17, 15) is 0 Å². The molecular weight excluding hydrogens is 98.1 g/mol. The first kappa shape index (κ1) is 9.17. The van der Waals surface area contributed by atoms with Crippen molar-refractivity contribution in [1.82, 2.24) is 11.5 Å². The Morgan fingerprint density at radius 1 is 1.83 bits per heavy atom. The molecule has 3 nitrogen and oxygen atoms in total. The molecular formula is C2H9N3S. The van der Waals surface area contributed by atoms with Crippen LogP contribution in [0.15, 0.2) is 0 Å². The first-order valence-corrected chi connectivity index (χ1v) is 1.65. The van der Waals surface area contributed by atoms with Crippen LogP contribution in [0.25, 0.3) is 0 Å². The van der Waals surface area contributed by atoms with Crippen LogP contribution in [0.1, 0.15) is 0 Å². The molecule has 0 saturated carbocycles. The molecule has 0 heterocycles. The van der Waals surface area contributed by atoms with Gasteiger partial charge in [0.1, 0.15) is 0 Å². The van der Waals surface area contributed by atoms with E-state index in [1.807, 2.05) is 0 Å². The highest BCUT2D eigenvalue weighted by atomic mass is 32.1. The van der Waals surface area contributed by atoms with Crippen LogP contribution in [0.2, 0.25) is 0 Å². The lowest BCUT2D eigenvalue weighted by atomic mass is 11.1. The molecule has 0 aliphatic rings. The van der Waals surface area contributed by atoms with Crippen LogP contribution >= 0.6 is 12.2 Å². The summed E-state index contributed by atoms with van der Waals surface area (Å²) in [6.45, 7) is 0. The van der Waals surface area contributed by atoms with Gasteiger partial charge in [0.05, 0.1) is 0 Å². The maximum absolute atomic E-state index is 4.91. The van der Waals surface area contributed by atoms with Crippen molar-refractivity contribution in [3.8, 4) is 0 Å². The molecule has 0 radical (unpaired) electrons. The Morgan fingerprint density at radius 2 is 2.00 bits per heavy atom. The summed E-state index contributed by atoms with van der Waals surface area (Å²) >= 11 is 4.36. The fraction of sp³-hybridized carbons (Fsp3) is 0.500. The van der Waals surface area contributed by atoms with Crippen LogP contribution in [0.3, 0.4) is 0 Å². The van der Waals surface area contributed by atoms with Crippen molar-refractivity contribution in [2.24, 2.45) is 5.73 Å². The van der Waals surface area contributed by atoms with Gasteiger partial charge in [-0.15, -0.1) is 0 Å². The lowest BCUT2D eigenvalue weighted by Gasteiger charge is -1.85. The van der Waals surface area contributed by atoms with Gasteiger partial charge in [0.25, 0.3) is 0 Å². The van der Waals surface area contributed by atoms with E-state index in [0.717, 1.165) is 0 Å². The second-order valence-electron chi connectivity index (χ2n) is 0.614. The normalized spacial score (nSPS) is 5.50. The van der Waals surface area contributed by atoms with Gasteiger partial charge in [0.15, 0.2) is 5.11 Å². The molecule has 0 aromatic heterocycles. The molecule has 0 aliphatic heterocycles. The number of rotatable bonds is 0. The second-order valence-corrected chi connectivity index (χ2v) is 1.05. The zero-order valence-electron chi connectivity index (χ0n) is 3.69. The highest BCUT2D eigenvalue weighted by Gasteiger charge is 1.66. The molecule has 0 spiro atoms. The monoisotopic (exact) mass is 107 g/mol. The summed E-state index contributed by atoms with van der Waals surface area (Å²) in [4.78, 5) is 0. The quantitative estimate of drug-likeness (QED) is 0.369. The molecule has 6 heavy (non-hydrogen) atoms. The molecule has 0 fully saturated rings. The van der Waals surface area contributed by atoms with Crippen molar-refractivity contribution < 1.29 is 0 Å². The minimum atomic E-state index is 0. The molecule has 0 atom stereocenters. The molecule has 0 rings (SSSR count). The summed E-state index contributed by atoms with van der Waals surface area (Å²) in [5.41, 5.74) is 4.91. The number of nitrogens with two attached hydrogens (primary N) is 1. The van der Waals surface area contributed by atoms with E-state index in [4.69, 9.17) is 5.73 Å². The Labute approximate surface area is 42.5 Å². The van der Waals surface area contributed by atoms with Crippen molar-refractivity contribution in [3.05, 3.63) is 0 Å². The highest BCUT2D eigenvalue weighted by Crippen LogP contribution is 1.43. The molecule has 0 bridgehead atoms. The Balaban J connectivity index is 0. The summed E-state index contributed by atoms with van der Waals surface area (Å²) in [6, 6.07) is 0. The van der Waals surface area contributed by atoms with Crippen LogP contribution < -0.4 is 17.2 Å². The zero-order valence-corrected chi connectivity index (χ0v) is 4.51. The summed E-state index contributed by atoms with van der Waals surface area (Å²) < 4.78 is 0. The van der Waals surface area contributed by atoms with Crippen LogP contribution in [0, 0.1) is 0 Å². The van der Waals surface area contributed by atoms with Crippen LogP contribution in [0.4, 0.5) is 0 Å². The predicted molar refractivity (Wildman–Crippen MR) is 30.9 cm³/mol. The Bertz CT molecular complexity index is 44.1. The minimum absolute atomic E-state index is 0. The van der Waals surface area contributed by atoms with Gasteiger partial charge in [-0.2, -0.15) is 0 Å². The van der Waals surface area contributed by atoms with Gasteiger partial charge in [-0.3, -0.25) is 0 Å². The Kier molecular flexibility index (Phi) is 7.11. The van der Waals surface area contributed by atoms with Crippen LogP contribution in [-0.2, 0) is 0 Å². The third-order valence-corrected chi connectivity index (χ3v) is 0.451. The number of thiocarbonyl (C=S) groups is 1. The maximum Gasteiger partial charge on any atom is 0.163 e. The zero-order chi connectivity index (χ0) is 4.28. The predicted octanol–water partition coefficient (Wildman–Crippen LogP) is -0.389. The Hall–Kier alpha value is -0.350. The molecule has 4 heteroatoms. The van der Waals surface area contributed by atoms with E-state index in [-0.39, 0.29) is 6.15 Å². The molecule has 6 N–H and O–H groups in total. The lowest BCUT2D eigenvalue weighted by molar-refractivity contribution is 1.18. The topological polar surface area (TPSA) is 73.0 Å². The standard InChI is InChI=1S/C2H6N2S.H3N/c1-4-2(3)5;/h1H3,(H3,3,4,5);1H3. The first-order chi connectivity index (χ1) is 2.27. The van der Waals surface area contributed by atoms with E-state index in [0.29, 0.717) is 5.11 Å². The van der Waals surface area contributed by atoms with E-state index < -0.39 is 0 Å². The minimum Gasteiger partial charge on any atom is -0.376 e. The van der Waals surface area contributed by atoms with Gasteiger partial charge >= 0.3 is 0 Å². The van der Waals surface area contributed by atoms with E-state index >= 15 is 0 Å². The largest absolute Gasteiger partial charge is 0.376 e. The summed E-state index contributed by atoms with van der Waals surface area (Å²) in [6.07, 6.45) is 0. The lowest BCUT2D eigenvalue weighted by Crippen LogP contribution is -2.24. The molecule has 0 amide bonds. The van der Waals surface area contributed by atoms with Gasteiger partial charge in [-0.1, -0.05) is 0 Å². The van der Waals surface area contributed by atoms with Crippen molar-refractivity contribution in [2.45, 2.75) is 0 Å². The average molecular weight is 107 g/mol. The highest BCUT2D eigenvalue weighted by molar-refractivity contribution is 7.80. The number of nitrogens with one attached hydrogen (secondary N) is 1. The smallest absolute Gasteiger partial charge is 0.163 e. The third-order valence-electron chi connectivity index (χ3n) is 0.246. The molecule has 0 saturated heterocycles. The SMILES string of the molecule is CNC(N)=S.N. The van der Waals surface area contributed by atoms with Gasteiger partial charge in [0, 0.05) is 7.05 Å². The van der Waals surface area contributed by atoms with E-state index in [1.54, 1.807) is 7.05 Å². The third kappa shape index (κ3) is 9.41.